The molecule has 1 aliphatic carbocycles. The number of rotatable bonds is 5. The van der Waals surface area contributed by atoms with Gasteiger partial charge >= 0.3 is 0 Å². The monoisotopic (exact) mass is 240 g/mol. The van der Waals surface area contributed by atoms with Crippen LogP contribution in [0.25, 0.3) is 0 Å². The maximum absolute atomic E-state index is 5.96. The average Bonchev–Trinajstić information content (AvgIpc) is 2.27. The lowest BCUT2D eigenvalue weighted by atomic mass is 9.85. The summed E-state index contributed by atoms with van der Waals surface area (Å²) in [6.07, 6.45) is 5.60. The lowest BCUT2D eigenvalue weighted by Gasteiger charge is -2.40. The van der Waals surface area contributed by atoms with Gasteiger partial charge in [0.05, 0.1) is 12.2 Å². The summed E-state index contributed by atoms with van der Waals surface area (Å²) in [6.45, 7) is 8.57. The van der Waals surface area contributed by atoms with Gasteiger partial charge in [0, 0.05) is 25.7 Å². The predicted molar refractivity (Wildman–Crippen MR) is 71.3 cm³/mol. The van der Waals surface area contributed by atoms with Gasteiger partial charge in [-0.1, -0.05) is 19.8 Å². The molecule has 17 heavy (non-hydrogen) atoms. The highest BCUT2D eigenvalue weighted by Gasteiger charge is 2.32. The van der Waals surface area contributed by atoms with E-state index in [0.717, 1.165) is 38.2 Å². The molecule has 3 heteroatoms. The van der Waals surface area contributed by atoms with Crippen LogP contribution in [0.1, 0.15) is 39.5 Å². The van der Waals surface area contributed by atoms with Gasteiger partial charge in [-0.3, -0.25) is 0 Å². The van der Waals surface area contributed by atoms with Crippen molar-refractivity contribution in [1.29, 1.82) is 0 Å². The van der Waals surface area contributed by atoms with Crippen LogP contribution in [0.15, 0.2) is 0 Å². The smallest absolute Gasteiger partial charge is 0.0902 e. The Balaban J connectivity index is 1.67. The van der Waals surface area contributed by atoms with Crippen LogP contribution in [0.5, 0.6) is 0 Å². The van der Waals surface area contributed by atoms with Crippen LogP contribution in [0.4, 0.5) is 0 Å². The minimum Gasteiger partial charge on any atom is -0.371 e. The molecule has 1 heterocycles. The second-order valence-electron chi connectivity index (χ2n) is 6.21. The van der Waals surface area contributed by atoms with Gasteiger partial charge in [-0.2, -0.15) is 0 Å². The van der Waals surface area contributed by atoms with Crippen molar-refractivity contribution in [2.24, 2.45) is 5.92 Å². The van der Waals surface area contributed by atoms with Crippen molar-refractivity contribution in [3.8, 4) is 0 Å². The summed E-state index contributed by atoms with van der Waals surface area (Å²) in [7, 11) is 2.26. The molecule has 2 unspecified atom stereocenters. The lowest BCUT2D eigenvalue weighted by Crippen LogP contribution is -2.59. The zero-order chi connectivity index (χ0) is 12.3. The van der Waals surface area contributed by atoms with Crippen molar-refractivity contribution in [2.75, 3.05) is 33.3 Å². The van der Waals surface area contributed by atoms with E-state index in [9.17, 15) is 0 Å². The van der Waals surface area contributed by atoms with E-state index >= 15 is 0 Å². The van der Waals surface area contributed by atoms with E-state index in [1.165, 1.54) is 25.7 Å². The third-order valence-corrected chi connectivity index (χ3v) is 4.52. The first-order valence-electron chi connectivity index (χ1n) is 7.16. The van der Waals surface area contributed by atoms with Crippen LogP contribution in [-0.2, 0) is 4.74 Å². The average molecular weight is 240 g/mol. The van der Waals surface area contributed by atoms with E-state index < -0.39 is 0 Å². The minimum atomic E-state index is 0.110. The molecule has 1 N–H and O–H groups in total. The maximum atomic E-state index is 5.96. The molecule has 2 fully saturated rings. The van der Waals surface area contributed by atoms with Crippen molar-refractivity contribution in [3.05, 3.63) is 0 Å². The molecule has 0 radical (unpaired) electrons. The first-order valence-corrected chi connectivity index (χ1v) is 7.16. The molecule has 3 nitrogen and oxygen atoms in total. The van der Waals surface area contributed by atoms with Crippen LogP contribution < -0.4 is 5.32 Å². The molecular formula is C14H28N2O. The summed E-state index contributed by atoms with van der Waals surface area (Å²) in [5.74, 6) is 0.856. The van der Waals surface area contributed by atoms with E-state index in [0.29, 0.717) is 0 Å². The predicted octanol–water partition coefficient (Wildman–Crippen LogP) is 1.88. The van der Waals surface area contributed by atoms with Gasteiger partial charge < -0.3 is 15.0 Å². The summed E-state index contributed by atoms with van der Waals surface area (Å²) in [6, 6.07) is 0.777. The number of likely N-dealkylation sites (N-methyl/N-ethyl adjacent to an activating group) is 1. The van der Waals surface area contributed by atoms with Gasteiger partial charge in [-0.25, -0.2) is 0 Å². The molecule has 1 aliphatic heterocycles. The first-order chi connectivity index (χ1) is 8.11. The molecule has 0 aromatic rings. The fraction of sp³-hybridized carbons (Fsp3) is 1.00. The van der Waals surface area contributed by atoms with Crippen molar-refractivity contribution >= 4 is 0 Å². The molecule has 0 bridgehead atoms. The molecule has 0 aromatic carbocycles. The zero-order valence-corrected chi connectivity index (χ0v) is 11.7. The van der Waals surface area contributed by atoms with E-state index in [2.05, 4.69) is 31.1 Å². The molecule has 0 spiro atoms. The third-order valence-electron chi connectivity index (χ3n) is 4.52. The SMILES string of the molecule is CC1CCCCC1N(C)CCOC1(C)CNC1. The largest absolute Gasteiger partial charge is 0.371 e. The van der Waals surface area contributed by atoms with Gasteiger partial charge in [-0.05, 0) is 32.7 Å². The standard InChI is InChI=1S/C14H28N2O/c1-12-6-4-5-7-13(12)16(3)8-9-17-14(2)10-15-11-14/h12-13,15H,4-11H2,1-3H3. The van der Waals surface area contributed by atoms with Crippen molar-refractivity contribution in [1.82, 2.24) is 10.2 Å². The highest BCUT2D eigenvalue weighted by Crippen LogP contribution is 2.27. The van der Waals surface area contributed by atoms with E-state index in [-0.39, 0.29) is 5.60 Å². The van der Waals surface area contributed by atoms with Crippen LogP contribution in [0, 0.1) is 5.92 Å². The summed E-state index contributed by atoms with van der Waals surface area (Å²) in [4.78, 5) is 2.51. The third kappa shape index (κ3) is 3.43. The Morgan fingerprint density at radius 2 is 2.00 bits per heavy atom. The van der Waals surface area contributed by atoms with E-state index in [4.69, 9.17) is 4.74 Å². The summed E-state index contributed by atoms with van der Waals surface area (Å²) in [5.41, 5.74) is 0.110. The molecule has 0 aromatic heterocycles. The van der Waals surface area contributed by atoms with Crippen LogP contribution in [-0.4, -0.2) is 49.8 Å². The maximum Gasteiger partial charge on any atom is 0.0902 e. The number of nitrogens with zero attached hydrogens (tertiary/aromatic N) is 1. The number of hydrogen-bond acceptors (Lipinski definition) is 3. The molecule has 2 rings (SSSR count). The highest BCUT2D eigenvalue weighted by atomic mass is 16.5. The van der Waals surface area contributed by atoms with Gasteiger partial charge in [0.2, 0.25) is 0 Å². The number of hydrogen-bond donors (Lipinski definition) is 1. The van der Waals surface area contributed by atoms with Crippen molar-refractivity contribution < 1.29 is 4.74 Å². The fourth-order valence-electron chi connectivity index (χ4n) is 3.13. The lowest BCUT2D eigenvalue weighted by molar-refractivity contribution is -0.0746. The van der Waals surface area contributed by atoms with Gasteiger partial charge in [0.1, 0.15) is 0 Å². The Morgan fingerprint density at radius 3 is 2.59 bits per heavy atom. The quantitative estimate of drug-likeness (QED) is 0.794. The minimum absolute atomic E-state index is 0.110. The Bertz CT molecular complexity index is 240. The van der Waals surface area contributed by atoms with Crippen LogP contribution in [0.3, 0.4) is 0 Å². The second kappa shape index (κ2) is 5.68. The summed E-state index contributed by atoms with van der Waals surface area (Å²) in [5, 5.41) is 3.27. The van der Waals surface area contributed by atoms with E-state index in [1.807, 2.05) is 0 Å². The van der Waals surface area contributed by atoms with Crippen molar-refractivity contribution in [2.45, 2.75) is 51.2 Å². The van der Waals surface area contributed by atoms with Crippen LogP contribution in [0.2, 0.25) is 0 Å². The number of ether oxygens (including phenoxy) is 1. The molecule has 2 aliphatic rings. The molecular weight excluding hydrogens is 212 g/mol. The van der Waals surface area contributed by atoms with E-state index in [1.54, 1.807) is 0 Å². The fourth-order valence-corrected chi connectivity index (χ4v) is 3.13. The topological polar surface area (TPSA) is 24.5 Å². The summed E-state index contributed by atoms with van der Waals surface area (Å²) < 4.78 is 5.96. The highest BCUT2D eigenvalue weighted by molar-refractivity contribution is 4.90. The Labute approximate surface area is 106 Å². The molecule has 0 amide bonds. The second-order valence-corrected chi connectivity index (χ2v) is 6.21. The van der Waals surface area contributed by atoms with Crippen molar-refractivity contribution in [3.63, 3.8) is 0 Å². The Kier molecular flexibility index (Phi) is 4.45. The Hall–Kier alpha value is -0.120. The molecule has 100 valence electrons. The van der Waals surface area contributed by atoms with Gasteiger partial charge in [0.15, 0.2) is 0 Å². The van der Waals surface area contributed by atoms with Crippen LogP contribution >= 0.6 is 0 Å². The summed E-state index contributed by atoms with van der Waals surface area (Å²) >= 11 is 0. The normalized spacial score (nSPS) is 32.5. The van der Waals surface area contributed by atoms with Gasteiger partial charge in [0.25, 0.3) is 0 Å². The number of nitrogens with one attached hydrogen (secondary N) is 1. The van der Waals surface area contributed by atoms with Gasteiger partial charge in [-0.15, -0.1) is 0 Å². The zero-order valence-electron chi connectivity index (χ0n) is 11.7. The first kappa shape index (κ1) is 13.3. The Morgan fingerprint density at radius 1 is 1.29 bits per heavy atom. The molecule has 1 saturated heterocycles. The molecule has 2 atom stereocenters. The molecule has 1 saturated carbocycles.